The third-order valence-corrected chi connectivity index (χ3v) is 6.05. The summed E-state index contributed by atoms with van der Waals surface area (Å²) in [5, 5.41) is 8.73. The molecule has 0 bridgehead atoms. The largest absolute Gasteiger partial charge is 0.471 e. The van der Waals surface area contributed by atoms with Gasteiger partial charge in [0.15, 0.2) is 0 Å². The number of hydrogen-bond donors (Lipinski definition) is 1. The summed E-state index contributed by atoms with van der Waals surface area (Å²) < 4.78 is 55.5. The monoisotopic (exact) mass is 491 g/mol. The van der Waals surface area contributed by atoms with E-state index in [1.54, 1.807) is 12.1 Å². The van der Waals surface area contributed by atoms with E-state index in [4.69, 9.17) is 0 Å². The lowest BCUT2D eigenvalue weighted by atomic mass is 9.94. The van der Waals surface area contributed by atoms with Gasteiger partial charge in [-0.05, 0) is 30.3 Å². The zero-order chi connectivity index (χ0) is 24.5. The molecule has 12 heteroatoms. The molecule has 0 radical (unpaired) electrons. The van der Waals surface area contributed by atoms with Crippen molar-refractivity contribution >= 4 is 17.2 Å². The van der Waals surface area contributed by atoms with Crippen LogP contribution in [0.2, 0.25) is 0 Å². The van der Waals surface area contributed by atoms with Crippen LogP contribution < -0.4 is 5.32 Å². The molecule has 3 heterocycles. The predicted molar refractivity (Wildman–Crippen MR) is 115 cm³/mol. The standard InChI is InChI=1S/C22H17F4N5O2S/c1-21(2,20-29-16(10-34-20)12-3-5-15(23)6-4-12)11-28-18(32)14-7-13(8-27-9-14)17-30-19(33-31-17)22(24,25)26/h3-10H,11H2,1-2H3,(H,28,32). The van der Waals surface area contributed by atoms with E-state index in [0.29, 0.717) is 5.69 Å². The van der Waals surface area contributed by atoms with E-state index in [9.17, 15) is 22.4 Å². The minimum absolute atomic E-state index is 0.107. The molecule has 7 nitrogen and oxygen atoms in total. The Morgan fingerprint density at radius 2 is 1.82 bits per heavy atom. The van der Waals surface area contributed by atoms with Crippen LogP contribution in [0.4, 0.5) is 17.6 Å². The van der Waals surface area contributed by atoms with Gasteiger partial charge in [-0.25, -0.2) is 9.37 Å². The van der Waals surface area contributed by atoms with Crippen LogP contribution in [-0.2, 0) is 11.6 Å². The Morgan fingerprint density at radius 1 is 1.09 bits per heavy atom. The second kappa shape index (κ2) is 8.93. The minimum atomic E-state index is -4.77. The van der Waals surface area contributed by atoms with Crippen molar-refractivity contribution in [2.45, 2.75) is 25.4 Å². The number of alkyl halides is 3. The number of pyridine rings is 1. The Bertz CT molecular complexity index is 1320. The van der Waals surface area contributed by atoms with Crippen molar-refractivity contribution in [3.8, 4) is 22.6 Å². The lowest BCUT2D eigenvalue weighted by Gasteiger charge is -2.22. The Labute approximate surface area is 194 Å². The summed E-state index contributed by atoms with van der Waals surface area (Å²) in [7, 11) is 0. The van der Waals surface area contributed by atoms with Gasteiger partial charge in [0.1, 0.15) is 10.8 Å². The molecule has 0 aliphatic heterocycles. The summed E-state index contributed by atoms with van der Waals surface area (Å²) in [6.45, 7) is 4.05. The molecule has 0 aliphatic carbocycles. The average Bonchev–Trinajstić information content (AvgIpc) is 3.49. The third-order valence-electron chi connectivity index (χ3n) is 4.84. The maximum atomic E-state index is 13.2. The molecule has 4 aromatic rings. The molecule has 0 saturated heterocycles. The van der Waals surface area contributed by atoms with Gasteiger partial charge in [-0.15, -0.1) is 11.3 Å². The molecule has 34 heavy (non-hydrogen) atoms. The molecule has 0 spiro atoms. The quantitative estimate of drug-likeness (QED) is 0.376. The number of nitrogens with one attached hydrogen (secondary N) is 1. The molecule has 0 saturated carbocycles. The fraction of sp³-hybridized carbons (Fsp3) is 0.227. The average molecular weight is 491 g/mol. The number of amides is 1. The Morgan fingerprint density at radius 3 is 2.50 bits per heavy atom. The van der Waals surface area contributed by atoms with Crippen molar-refractivity contribution in [2.75, 3.05) is 6.54 Å². The van der Waals surface area contributed by atoms with Crippen molar-refractivity contribution in [3.63, 3.8) is 0 Å². The van der Waals surface area contributed by atoms with E-state index in [0.717, 1.165) is 10.6 Å². The second-order valence-electron chi connectivity index (χ2n) is 7.99. The molecule has 0 aliphatic rings. The summed E-state index contributed by atoms with van der Waals surface area (Å²) in [4.78, 5) is 24.5. The van der Waals surface area contributed by atoms with E-state index in [1.807, 2.05) is 19.2 Å². The molecule has 4 rings (SSSR count). The van der Waals surface area contributed by atoms with Crippen molar-refractivity contribution in [3.05, 3.63) is 70.4 Å². The molecular weight excluding hydrogens is 474 g/mol. The van der Waals surface area contributed by atoms with Gasteiger partial charge in [-0.1, -0.05) is 19.0 Å². The molecule has 0 atom stereocenters. The fourth-order valence-electron chi connectivity index (χ4n) is 2.96. The lowest BCUT2D eigenvalue weighted by Crippen LogP contribution is -2.36. The van der Waals surface area contributed by atoms with Crippen molar-refractivity contribution in [2.24, 2.45) is 0 Å². The van der Waals surface area contributed by atoms with E-state index >= 15 is 0 Å². The van der Waals surface area contributed by atoms with Gasteiger partial charge in [0, 0.05) is 40.9 Å². The van der Waals surface area contributed by atoms with E-state index in [-0.39, 0.29) is 29.3 Å². The van der Waals surface area contributed by atoms with Crippen LogP contribution in [0.25, 0.3) is 22.6 Å². The van der Waals surface area contributed by atoms with Crippen LogP contribution in [0.3, 0.4) is 0 Å². The van der Waals surface area contributed by atoms with Crippen LogP contribution in [0.1, 0.15) is 35.1 Å². The number of thiazole rings is 1. The minimum Gasteiger partial charge on any atom is -0.351 e. The molecular formula is C22H17F4N5O2S. The number of halogens is 4. The molecule has 1 aromatic carbocycles. The molecule has 1 N–H and O–H groups in total. The number of nitrogens with zero attached hydrogens (tertiary/aromatic N) is 4. The van der Waals surface area contributed by atoms with Crippen LogP contribution in [0, 0.1) is 5.82 Å². The highest BCUT2D eigenvalue weighted by Crippen LogP contribution is 2.31. The molecule has 0 fully saturated rings. The number of benzene rings is 1. The topological polar surface area (TPSA) is 93.8 Å². The van der Waals surface area contributed by atoms with Gasteiger partial charge in [-0.3, -0.25) is 9.78 Å². The van der Waals surface area contributed by atoms with Crippen LogP contribution in [0.15, 0.2) is 52.6 Å². The Hall–Kier alpha value is -3.67. The number of carbonyl (C=O) groups excluding carboxylic acids is 1. The molecule has 176 valence electrons. The maximum Gasteiger partial charge on any atom is 0.471 e. The van der Waals surface area contributed by atoms with E-state index in [2.05, 4.69) is 29.9 Å². The first-order valence-corrected chi connectivity index (χ1v) is 10.8. The summed E-state index contributed by atoms with van der Waals surface area (Å²) in [6.07, 6.45) is -2.25. The number of aromatic nitrogens is 4. The van der Waals surface area contributed by atoms with Crippen LogP contribution in [0.5, 0.6) is 0 Å². The normalized spacial score (nSPS) is 12.1. The van der Waals surface area contributed by atoms with Crippen LogP contribution in [-0.4, -0.2) is 32.6 Å². The van der Waals surface area contributed by atoms with Crippen LogP contribution >= 0.6 is 11.3 Å². The highest BCUT2D eigenvalue weighted by molar-refractivity contribution is 7.10. The summed E-state index contributed by atoms with van der Waals surface area (Å²) >= 11 is 1.42. The maximum absolute atomic E-state index is 13.2. The summed E-state index contributed by atoms with van der Waals surface area (Å²) in [5.41, 5.74) is 1.18. The highest BCUT2D eigenvalue weighted by atomic mass is 32.1. The number of carbonyl (C=O) groups is 1. The van der Waals surface area contributed by atoms with Gasteiger partial charge in [0.2, 0.25) is 5.82 Å². The van der Waals surface area contributed by atoms with Gasteiger partial charge in [0.25, 0.3) is 5.91 Å². The van der Waals surface area contributed by atoms with Gasteiger partial charge >= 0.3 is 12.1 Å². The lowest BCUT2D eigenvalue weighted by molar-refractivity contribution is -0.159. The fourth-order valence-corrected chi connectivity index (χ4v) is 3.91. The second-order valence-corrected chi connectivity index (χ2v) is 8.85. The smallest absolute Gasteiger partial charge is 0.351 e. The summed E-state index contributed by atoms with van der Waals surface area (Å²) in [5.74, 6) is -2.62. The van der Waals surface area contributed by atoms with Crippen molar-refractivity contribution in [1.29, 1.82) is 0 Å². The zero-order valence-corrected chi connectivity index (χ0v) is 18.7. The molecule has 1 amide bonds. The first-order valence-electron chi connectivity index (χ1n) is 9.89. The van der Waals surface area contributed by atoms with Gasteiger partial charge < -0.3 is 9.84 Å². The Kier molecular flexibility index (Phi) is 6.17. The van der Waals surface area contributed by atoms with Crippen molar-refractivity contribution in [1.82, 2.24) is 25.4 Å². The highest BCUT2D eigenvalue weighted by Gasteiger charge is 2.38. The van der Waals surface area contributed by atoms with E-state index in [1.165, 1.54) is 41.9 Å². The first kappa shape index (κ1) is 23.5. The number of rotatable bonds is 6. The third kappa shape index (κ3) is 5.11. The molecule has 0 unspecified atom stereocenters. The SMILES string of the molecule is CC(C)(CNC(=O)c1cncc(-c2noc(C(F)(F)F)n2)c1)c1nc(-c2ccc(F)cc2)cs1. The zero-order valence-electron chi connectivity index (χ0n) is 17.9. The van der Waals surface area contributed by atoms with E-state index < -0.39 is 23.4 Å². The number of hydrogen-bond acceptors (Lipinski definition) is 7. The summed E-state index contributed by atoms with van der Waals surface area (Å²) in [6, 6.07) is 7.34. The van der Waals surface area contributed by atoms with Gasteiger partial charge in [0.05, 0.1) is 11.3 Å². The van der Waals surface area contributed by atoms with Crippen molar-refractivity contribution < 1.29 is 26.9 Å². The van der Waals surface area contributed by atoms with Gasteiger partial charge in [-0.2, -0.15) is 18.2 Å². The molecule has 3 aromatic heterocycles. The Balaban J connectivity index is 1.45. The predicted octanol–water partition coefficient (Wildman–Crippen LogP) is 5.12. The first-order chi connectivity index (χ1) is 16.0.